The molecule has 1 amide bonds. The van der Waals surface area contributed by atoms with Crippen molar-refractivity contribution in [2.45, 2.75) is 19.9 Å². The first-order valence-electron chi connectivity index (χ1n) is 6.97. The zero-order chi connectivity index (χ0) is 15.7. The molecule has 5 nitrogen and oxygen atoms in total. The molecule has 3 N–H and O–H groups in total. The smallest absolute Gasteiger partial charge is 0.263 e. The number of thiophene rings is 1. The molecule has 3 heterocycles. The number of aromatic nitrogens is 2. The first-order valence-corrected chi connectivity index (χ1v) is 7.79. The van der Waals surface area contributed by atoms with Crippen LogP contribution in [0.4, 0.5) is 5.69 Å². The van der Waals surface area contributed by atoms with Crippen LogP contribution < -0.4 is 11.1 Å². The molecule has 22 heavy (non-hydrogen) atoms. The second-order valence-corrected chi connectivity index (χ2v) is 6.24. The van der Waals surface area contributed by atoms with Crippen LogP contribution in [0.25, 0.3) is 21.6 Å². The summed E-state index contributed by atoms with van der Waals surface area (Å²) >= 11 is 1.31. The highest BCUT2D eigenvalue weighted by Gasteiger charge is 2.18. The van der Waals surface area contributed by atoms with Gasteiger partial charge in [0.25, 0.3) is 5.91 Å². The van der Waals surface area contributed by atoms with E-state index >= 15 is 0 Å². The molecule has 0 saturated carbocycles. The number of hydrogen-bond acceptors (Lipinski definition) is 5. The fraction of sp³-hybridized carbons (Fsp3) is 0.188. The summed E-state index contributed by atoms with van der Waals surface area (Å²) in [6.45, 7) is 3.83. The van der Waals surface area contributed by atoms with Gasteiger partial charge in [-0.15, -0.1) is 11.3 Å². The van der Waals surface area contributed by atoms with Crippen molar-refractivity contribution < 1.29 is 4.79 Å². The van der Waals surface area contributed by atoms with E-state index in [1.54, 1.807) is 6.20 Å². The predicted molar refractivity (Wildman–Crippen MR) is 89.9 cm³/mol. The number of nitrogen functional groups attached to an aromatic ring is 1. The van der Waals surface area contributed by atoms with Gasteiger partial charge in [-0.3, -0.25) is 9.78 Å². The van der Waals surface area contributed by atoms with Gasteiger partial charge in [-0.2, -0.15) is 0 Å². The van der Waals surface area contributed by atoms with Crippen molar-refractivity contribution in [1.82, 2.24) is 15.3 Å². The van der Waals surface area contributed by atoms with Crippen molar-refractivity contribution in [3.05, 3.63) is 41.4 Å². The number of carbonyl (C=O) groups excluding carboxylic acids is 1. The van der Waals surface area contributed by atoms with Crippen molar-refractivity contribution >= 4 is 33.1 Å². The Balaban J connectivity index is 2.05. The molecule has 6 heteroatoms. The summed E-state index contributed by atoms with van der Waals surface area (Å²) in [5, 5.41) is 3.66. The molecule has 112 valence electrons. The van der Waals surface area contributed by atoms with Crippen molar-refractivity contribution in [2.24, 2.45) is 0 Å². The maximum absolute atomic E-state index is 12.2. The van der Waals surface area contributed by atoms with Crippen molar-refractivity contribution in [1.29, 1.82) is 0 Å². The molecule has 0 aliphatic heterocycles. The SMILES string of the molecule is CC(C)NC(=O)c1sc2nc(-c3ccccn3)ccc2c1N. The quantitative estimate of drug-likeness (QED) is 0.779. The number of fused-ring (bicyclic) bond motifs is 1. The molecule has 3 rings (SSSR count). The van der Waals surface area contributed by atoms with Gasteiger partial charge in [0.2, 0.25) is 0 Å². The third-order valence-electron chi connectivity index (χ3n) is 3.15. The van der Waals surface area contributed by atoms with E-state index in [9.17, 15) is 4.79 Å². The molecule has 0 saturated heterocycles. The Labute approximate surface area is 132 Å². The molecule has 3 aromatic rings. The molecule has 3 aromatic heterocycles. The summed E-state index contributed by atoms with van der Waals surface area (Å²) in [7, 11) is 0. The number of anilines is 1. The Morgan fingerprint density at radius 1 is 1.23 bits per heavy atom. The third-order valence-corrected chi connectivity index (χ3v) is 4.26. The molecule has 0 aliphatic carbocycles. The zero-order valence-electron chi connectivity index (χ0n) is 12.3. The second-order valence-electron chi connectivity index (χ2n) is 5.24. The molecule has 0 unspecified atom stereocenters. The Morgan fingerprint density at radius 3 is 2.73 bits per heavy atom. The van der Waals surface area contributed by atoms with Crippen LogP contribution in [0, 0.1) is 0 Å². The first-order chi connectivity index (χ1) is 10.6. The average molecular weight is 312 g/mol. The summed E-state index contributed by atoms with van der Waals surface area (Å²) in [6, 6.07) is 9.51. The van der Waals surface area contributed by atoms with E-state index in [0.29, 0.717) is 10.6 Å². The second kappa shape index (κ2) is 5.73. The summed E-state index contributed by atoms with van der Waals surface area (Å²) in [5.41, 5.74) is 8.15. The number of rotatable bonds is 3. The monoisotopic (exact) mass is 312 g/mol. The molecule has 0 atom stereocenters. The van der Waals surface area contributed by atoms with Gasteiger partial charge in [-0.25, -0.2) is 4.98 Å². The van der Waals surface area contributed by atoms with Gasteiger partial charge in [0, 0.05) is 17.6 Å². The minimum absolute atomic E-state index is 0.0640. The molecule has 0 radical (unpaired) electrons. The van der Waals surface area contributed by atoms with E-state index < -0.39 is 0 Å². The minimum Gasteiger partial charge on any atom is -0.397 e. The van der Waals surface area contributed by atoms with E-state index in [-0.39, 0.29) is 11.9 Å². The lowest BCUT2D eigenvalue weighted by Crippen LogP contribution is -2.29. The Bertz CT molecular complexity index is 827. The molecule has 0 spiro atoms. The fourth-order valence-corrected chi connectivity index (χ4v) is 3.15. The van der Waals surface area contributed by atoms with Crippen LogP contribution in [0.15, 0.2) is 36.5 Å². The van der Waals surface area contributed by atoms with E-state index in [1.807, 2.05) is 44.2 Å². The minimum atomic E-state index is -0.158. The number of carbonyl (C=O) groups is 1. The van der Waals surface area contributed by atoms with Crippen LogP contribution in [-0.4, -0.2) is 21.9 Å². The van der Waals surface area contributed by atoms with Crippen molar-refractivity contribution in [3.63, 3.8) is 0 Å². The van der Waals surface area contributed by atoms with Gasteiger partial charge in [-0.1, -0.05) is 6.07 Å². The Hall–Kier alpha value is -2.47. The maximum Gasteiger partial charge on any atom is 0.263 e. The van der Waals surface area contributed by atoms with Crippen LogP contribution in [0.5, 0.6) is 0 Å². The number of hydrogen-bond donors (Lipinski definition) is 2. The van der Waals surface area contributed by atoms with Gasteiger partial charge in [0.05, 0.1) is 17.1 Å². The number of nitrogens with two attached hydrogens (primary N) is 1. The lowest BCUT2D eigenvalue weighted by Gasteiger charge is -2.06. The van der Waals surface area contributed by atoms with Crippen LogP contribution in [0.1, 0.15) is 23.5 Å². The Kier molecular flexibility index (Phi) is 3.77. The molecule has 0 bridgehead atoms. The van der Waals surface area contributed by atoms with Crippen LogP contribution in [0.3, 0.4) is 0 Å². The first kappa shape index (κ1) is 14.5. The Morgan fingerprint density at radius 2 is 2.05 bits per heavy atom. The number of pyridine rings is 2. The fourth-order valence-electron chi connectivity index (χ4n) is 2.15. The van der Waals surface area contributed by atoms with Crippen LogP contribution >= 0.6 is 11.3 Å². The zero-order valence-corrected chi connectivity index (χ0v) is 13.1. The summed E-state index contributed by atoms with van der Waals surface area (Å²) in [6.07, 6.45) is 1.73. The van der Waals surface area contributed by atoms with E-state index in [4.69, 9.17) is 5.73 Å². The van der Waals surface area contributed by atoms with Crippen LogP contribution in [0.2, 0.25) is 0 Å². The van der Waals surface area contributed by atoms with E-state index in [0.717, 1.165) is 21.6 Å². The highest BCUT2D eigenvalue weighted by atomic mass is 32.1. The largest absolute Gasteiger partial charge is 0.397 e. The third kappa shape index (κ3) is 2.65. The maximum atomic E-state index is 12.2. The number of nitrogens with one attached hydrogen (secondary N) is 1. The molecule has 0 aromatic carbocycles. The van der Waals surface area contributed by atoms with E-state index in [2.05, 4.69) is 15.3 Å². The van der Waals surface area contributed by atoms with Crippen LogP contribution in [-0.2, 0) is 0 Å². The molecule has 0 aliphatic rings. The average Bonchev–Trinajstić information content (AvgIpc) is 2.84. The predicted octanol–water partition coefficient (Wildman–Crippen LogP) is 3.08. The van der Waals surface area contributed by atoms with Gasteiger partial charge in [-0.05, 0) is 38.1 Å². The van der Waals surface area contributed by atoms with Gasteiger partial charge < -0.3 is 11.1 Å². The van der Waals surface area contributed by atoms with Crippen molar-refractivity contribution in [3.8, 4) is 11.4 Å². The molecular weight excluding hydrogens is 296 g/mol. The molecular formula is C16H16N4OS. The summed E-state index contributed by atoms with van der Waals surface area (Å²) in [4.78, 5) is 22.3. The summed E-state index contributed by atoms with van der Waals surface area (Å²) < 4.78 is 0. The number of nitrogens with zero attached hydrogens (tertiary/aromatic N) is 2. The van der Waals surface area contributed by atoms with Crippen molar-refractivity contribution in [2.75, 3.05) is 5.73 Å². The molecule has 0 fully saturated rings. The lowest BCUT2D eigenvalue weighted by atomic mass is 10.2. The van der Waals surface area contributed by atoms with E-state index in [1.165, 1.54) is 11.3 Å². The lowest BCUT2D eigenvalue weighted by molar-refractivity contribution is 0.0948. The summed E-state index contributed by atoms with van der Waals surface area (Å²) in [5.74, 6) is -0.158. The number of amides is 1. The van der Waals surface area contributed by atoms with Gasteiger partial charge in [0.15, 0.2) is 0 Å². The highest BCUT2D eigenvalue weighted by Crippen LogP contribution is 2.33. The highest BCUT2D eigenvalue weighted by molar-refractivity contribution is 7.21. The standard InChI is InChI=1S/C16H16N4OS/c1-9(2)19-15(21)14-13(17)10-6-7-12(20-16(10)22-14)11-5-3-4-8-18-11/h3-9H,17H2,1-2H3,(H,19,21). The van der Waals surface area contributed by atoms with Gasteiger partial charge in [0.1, 0.15) is 9.71 Å². The topological polar surface area (TPSA) is 80.9 Å². The van der Waals surface area contributed by atoms with Gasteiger partial charge >= 0.3 is 0 Å². The normalized spacial score (nSPS) is 11.0.